The fraction of sp³-hybridized carbons (Fsp3) is 0.417. The lowest BCUT2D eigenvalue weighted by atomic mass is 9.91. The molecule has 3 aromatic rings. The molecule has 7 nitrogen and oxygen atoms in total. The zero-order valence-electron chi connectivity index (χ0n) is 18.5. The van der Waals surface area contributed by atoms with E-state index in [4.69, 9.17) is 19.8 Å². The molecule has 1 aromatic heterocycles. The van der Waals surface area contributed by atoms with E-state index in [1.54, 1.807) is 13.2 Å². The summed E-state index contributed by atoms with van der Waals surface area (Å²) < 4.78 is 30.1. The van der Waals surface area contributed by atoms with Crippen molar-refractivity contribution in [1.82, 2.24) is 10.1 Å². The summed E-state index contributed by atoms with van der Waals surface area (Å²) in [7, 11) is 1.62. The minimum atomic E-state index is -0.301. The van der Waals surface area contributed by atoms with Gasteiger partial charge in [-0.15, -0.1) is 0 Å². The molecule has 1 aliphatic heterocycles. The molecule has 2 N–H and O–H groups in total. The van der Waals surface area contributed by atoms with Crippen molar-refractivity contribution in [3.63, 3.8) is 0 Å². The van der Waals surface area contributed by atoms with Gasteiger partial charge in [-0.2, -0.15) is 5.10 Å². The Labute approximate surface area is 187 Å². The molecule has 0 bridgehead atoms. The third-order valence-corrected chi connectivity index (χ3v) is 6.09. The van der Waals surface area contributed by atoms with Crippen molar-refractivity contribution in [3.05, 3.63) is 53.5 Å². The number of aromatic nitrogens is 1. The quantitative estimate of drug-likeness (QED) is 0.243. The molecule has 1 aliphatic rings. The van der Waals surface area contributed by atoms with Crippen LogP contribution in [0, 0.1) is 5.82 Å². The zero-order valence-corrected chi connectivity index (χ0v) is 18.5. The molecule has 1 fully saturated rings. The number of piperidine rings is 1. The van der Waals surface area contributed by atoms with Crippen molar-refractivity contribution >= 4 is 16.7 Å². The smallest absolute Gasteiger partial charge is 0.170 e. The van der Waals surface area contributed by atoms with Gasteiger partial charge in [0.15, 0.2) is 17.1 Å². The molecule has 0 unspecified atom stereocenters. The minimum absolute atomic E-state index is 0.301. The Morgan fingerprint density at radius 1 is 1.22 bits per heavy atom. The molecule has 170 valence electrons. The first kappa shape index (κ1) is 22.1. The summed E-state index contributed by atoms with van der Waals surface area (Å²) >= 11 is 0. The highest BCUT2D eigenvalue weighted by molar-refractivity contribution is 5.99. The first-order valence-corrected chi connectivity index (χ1v) is 10.9. The van der Waals surface area contributed by atoms with Gasteiger partial charge < -0.3 is 24.7 Å². The Hall–Kier alpha value is -3.13. The van der Waals surface area contributed by atoms with E-state index in [9.17, 15) is 4.39 Å². The zero-order chi connectivity index (χ0) is 22.5. The second-order valence-corrected chi connectivity index (χ2v) is 8.11. The highest BCUT2D eigenvalue weighted by Crippen LogP contribution is 2.33. The summed E-state index contributed by atoms with van der Waals surface area (Å²) in [5.74, 6) is 6.79. The molecule has 4 rings (SSSR count). The van der Waals surface area contributed by atoms with Crippen molar-refractivity contribution in [2.45, 2.75) is 32.1 Å². The van der Waals surface area contributed by atoms with Crippen LogP contribution in [0.5, 0.6) is 11.5 Å². The fourth-order valence-corrected chi connectivity index (χ4v) is 4.21. The Bertz CT molecular complexity index is 1090. The number of rotatable bonds is 8. The summed E-state index contributed by atoms with van der Waals surface area (Å²) in [5.41, 5.74) is 3.12. The summed E-state index contributed by atoms with van der Waals surface area (Å²) in [6.07, 6.45) is 2.94. The SMILES string of the molecule is COc1cc(C(C)=NN)ccc1OCCCN1CCC(c2noc3cc(F)ccc23)CC1. The Morgan fingerprint density at radius 3 is 2.78 bits per heavy atom. The first-order chi connectivity index (χ1) is 15.6. The molecule has 2 heterocycles. The summed E-state index contributed by atoms with van der Waals surface area (Å²) in [5, 5.41) is 8.87. The maximum atomic E-state index is 13.4. The van der Waals surface area contributed by atoms with Crippen LogP contribution in [0.2, 0.25) is 0 Å². The summed E-state index contributed by atoms with van der Waals surface area (Å²) in [6, 6.07) is 10.3. The largest absolute Gasteiger partial charge is 0.493 e. The third kappa shape index (κ3) is 4.85. The van der Waals surface area contributed by atoms with Crippen molar-refractivity contribution < 1.29 is 18.4 Å². The second kappa shape index (κ2) is 9.99. The number of ether oxygens (including phenoxy) is 2. The lowest BCUT2D eigenvalue weighted by molar-refractivity contribution is 0.189. The molecule has 8 heteroatoms. The van der Waals surface area contributed by atoms with Crippen LogP contribution >= 0.6 is 0 Å². The van der Waals surface area contributed by atoms with Crippen molar-refractivity contribution in [2.24, 2.45) is 10.9 Å². The lowest BCUT2D eigenvalue weighted by Gasteiger charge is -2.31. The van der Waals surface area contributed by atoms with E-state index in [1.807, 2.05) is 25.1 Å². The minimum Gasteiger partial charge on any atom is -0.493 e. The Balaban J connectivity index is 1.24. The van der Waals surface area contributed by atoms with Gasteiger partial charge in [-0.05, 0) is 69.6 Å². The van der Waals surface area contributed by atoms with Crippen molar-refractivity contribution in [3.8, 4) is 11.5 Å². The average molecular weight is 441 g/mol. The maximum absolute atomic E-state index is 13.4. The van der Waals surface area contributed by atoms with Crippen molar-refractivity contribution in [1.29, 1.82) is 0 Å². The number of benzene rings is 2. The van der Waals surface area contributed by atoms with Crippen LogP contribution in [-0.2, 0) is 0 Å². The van der Waals surface area contributed by atoms with Crippen LogP contribution in [0.3, 0.4) is 0 Å². The van der Waals surface area contributed by atoms with E-state index >= 15 is 0 Å². The summed E-state index contributed by atoms with van der Waals surface area (Å²) in [4.78, 5) is 2.45. The number of hydrogen-bond acceptors (Lipinski definition) is 7. The number of fused-ring (bicyclic) bond motifs is 1. The predicted octanol–water partition coefficient (Wildman–Crippen LogP) is 4.31. The number of halogens is 1. The molecule has 1 saturated heterocycles. The van der Waals surface area contributed by atoms with E-state index < -0.39 is 0 Å². The maximum Gasteiger partial charge on any atom is 0.170 e. The third-order valence-electron chi connectivity index (χ3n) is 6.09. The van der Waals surface area contributed by atoms with Gasteiger partial charge in [0.2, 0.25) is 0 Å². The lowest BCUT2D eigenvalue weighted by Crippen LogP contribution is -2.34. The molecule has 0 amide bonds. The number of likely N-dealkylation sites (tertiary alicyclic amines) is 1. The molecule has 0 spiro atoms. The monoisotopic (exact) mass is 440 g/mol. The van der Waals surface area contributed by atoms with Gasteiger partial charge >= 0.3 is 0 Å². The van der Waals surface area contributed by atoms with Crippen LogP contribution in [0.15, 0.2) is 46.0 Å². The number of hydrazone groups is 1. The van der Waals surface area contributed by atoms with Crippen LogP contribution in [0.25, 0.3) is 11.0 Å². The van der Waals surface area contributed by atoms with Crippen LogP contribution < -0.4 is 15.3 Å². The molecule has 0 radical (unpaired) electrons. The van der Waals surface area contributed by atoms with Gasteiger partial charge in [0.05, 0.1) is 25.1 Å². The normalized spacial score (nSPS) is 15.9. The van der Waals surface area contributed by atoms with Gasteiger partial charge in [-0.3, -0.25) is 0 Å². The van der Waals surface area contributed by atoms with Gasteiger partial charge in [0, 0.05) is 29.5 Å². The predicted molar refractivity (Wildman–Crippen MR) is 122 cm³/mol. The van der Waals surface area contributed by atoms with E-state index in [-0.39, 0.29) is 5.82 Å². The highest BCUT2D eigenvalue weighted by atomic mass is 19.1. The summed E-state index contributed by atoms with van der Waals surface area (Å²) in [6.45, 7) is 5.42. The number of nitrogens with two attached hydrogens (primary N) is 1. The molecule has 0 aliphatic carbocycles. The molecular weight excluding hydrogens is 411 g/mol. The molecule has 2 aromatic carbocycles. The molecular formula is C24H29FN4O3. The second-order valence-electron chi connectivity index (χ2n) is 8.11. The van der Waals surface area contributed by atoms with Gasteiger partial charge in [-0.25, -0.2) is 4.39 Å². The van der Waals surface area contributed by atoms with Crippen LogP contribution in [0.4, 0.5) is 4.39 Å². The van der Waals surface area contributed by atoms with Crippen LogP contribution in [0.1, 0.15) is 43.4 Å². The van der Waals surface area contributed by atoms with Crippen molar-refractivity contribution in [2.75, 3.05) is 33.4 Å². The molecule has 0 atom stereocenters. The number of hydrogen-bond donors (Lipinski definition) is 1. The van der Waals surface area contributed by atoms with E-state index in [2.05, 4.69) is 15.2 Å². The van der Waals surface area contributed by atoms with E-state index in [1.165, 1.54) is 12.1 Å². The highest BCUT2D eigenvalue weighted by Gasteiger charge is 2.25. The Morgan fingerprint density at radius 2 is 2.03 bits per heavy atom. The molecule has 0 saturated carbocycles. The first-order valence-electron chi connectivity index (χ1n) is 10.9. The fourth-order valence-electron chi connectivity index (χ4n) is 4.21. The van der Waals surface area contributed by atoms with E-state index in [0.29, 0.717) is 29.6 Å². The van der Waals surface area contributed by atoms with Crippen LogP contribution in [-0.4, -0.2) is 49.1 Å². The van der Waals surface area contributed by atoms with Gasteiger partial charge in [0.25, 0.3) is 0 Å². The topological polar surface area (TPSA) is 86.1 Å². The van der Waals surface area contributed by atoms with E-state index in [0.717, 1.165) is 61.3 Å². The van der Waals surface area contributed by atoms with Gasteiger partial charge in [0.1, 0.15) is 5.82 Å². The molecule has 32 heavy (non-hydrogen) atoms. The Kier molecular flexibility index (Phi) is 6.90. The average Bonchev–Trinajstić information content (AvgIpc) is 3.24. The van der Waals surface area contributed by atoms with Gasteiger partial charge in [-0.1, -0.05) is 5.16 Å². The number of methoxy groups -OCH3 is 1. The number of nitrogens with zero attached hydrogens (tertiary/aromatic N) is 3. The standard InChI is InChI=1S/C24H29FN4O3/c1-16(27-26)18-4-7-21(23(14-18)30-2)31-13-3-10-29-11-8-17(9-12-29)24-20-6-5-19(25)15-22(20)32-28-24/h4-7,14-15,17H,3,8-13,26H2,1-2H3.